The van der Waals surface area contributed by atoms with Crippen LogP contribution in [0.2, 0.25) is 0 Å². The molecule has 3 rings (SSSR count). The van der Waals surface area contributed by atoms with Crippen LogP contribution in [0.4, 0.5) is 10.8 Å². The van der Waals surface area contributed by atoms with E-state index in [-0.39, 0.29) is 0 Å². The van der Waals surface area contributed by atoms with Crippen LogP contribution >= 0.6 is 11.3 Å². The Morgan fingerprint density at radius 2 is 1.97 bits per heavy atom. The number of nitriles is 1. The van der Waals surface area contributed by atoms with E-state index < -0.39 is 16.3 Å². The molecule has 0 spiro atoms. The second-order valence-corrected chi connectivity index (χ2v) is 10.8. The van der Waals surface area contributed by atoms with Gasteiger partial charge in [0, 0.05) is 17.1 Å². The molecule has 0 aliphatic heterocycles. The number of rotatable bonds is 8. The molecule has 0 radical (unpaired) electrons. The number of thiazole rings is 1. The number of hydrogen-bond donors (Lipinski definition) is 2. The van der Waals surface area contributed by atoms with Gasteiger partial charge in [0.25, 0.3) is 0 Å². The molecule has 2 N–H and O–H groups in total. The van der Waals surface area contributed by atoms with Crippen LogP contribution in [0.15, 0.2) is 24.3 Å². The summed E-state index contributed by atoms with van der Waals surface area (Å²) in [6.07, 6.45) is 7.05. The molecule has 1 aliphatic carbocycles. The summed E-state index contributed by atoms with van der Waals surface area (Å²) < 4.78 is 25.2. The zero-order chi connectivity index (χ0) is 21.7. The highest BCUT2D eigenvalue weighted by Crippen LogP contribution is 2.35. The maximum atomic E-state index is 11.5. The average molecular weight is 449 g/mol. The van der Waals surface area contributed by atoms with Crippen molar-refractivity contribution in [1.29, 1.82) is 5.26 Å². The number of sulfonamides is 1. The summed E-state index contributed by atoms with van der Waals surface area (Å²) in [6.45, 7) is 2.60. The van der Waals surface area contributed by atoms with Crippen LogP contribution in [0.25, 0.3) is 0 Å². The Labute approximate surface area is 182 Å². The number of nitrogens with zero attached hydrogens (tertiary/aromatic N) is 3. The van der Waals surface area contributed by atoms with E-state index in [1.54, 1.807) is 12.1 Å². The van der Waals surface area contributed by atoms with Crippen molar-refractivity contribution in [2.75, 3.05) is 17.7 Å². The van der Waals surface area contributed by atoms with Crippen LogP contribution in [0.1, 0.15) is 60.9 Å². The summed E-state index contributed by atoms with van der Waals surface area (Å²) in [5, 5.41) is 20.1. The standard InChI is InChI=1S/C21H28N4O3S2/c1-15-19(20(26)24-30(2,27)28)23-21(29-15)25(13-12-16-6-4-3-5-7-16)18-10-8-17(14-22)9-11-18/h8-11,16,20,24,26H,3-7,12-13H2,1-2H3. The van der Waals surface area contributed by atoms with Crippen molar-refractivity contribution in [1.82, 2.24) is 9.71 Å². The summed E-state index contributed by atoms with van der Waals surface area (Å²) in [6, 6.07) is 9.51. The van der Waals surface area contributed by atoms with Gasteiger partial charge in [-0.1, -0.05) is 32.1 Å². The Morgan fingerprint density at radius 3 is 2.57 bits per heavy atom. The summed E-state index contributed by atoms with van der Waals surface area (Å²) in [4.78, 5) is 7.44. The van der Waals surface area contributed by atoms with Crippen LogP contribution in [-0.2, 0) is 10.0 Å². The summed E-state index contributed by atoms with van der Waals surface area (Å²) >= 11 is 1.42. The van der Waals surface area contributed by atoms with E-state index in [0.717, 1.165) is 29.8 Å². The third kappa shape index (κ3) is 6.01. The number of benzene rings is 1. The Hall–Kier alpha value is -1.99. The van der Waals surface area contributed by atoms with Crippen molar-refractivity contribution < 1.29 is 13.5 Å². The summed E-state index contributed by atoms with van der Waals surface area (Å²) in [5.74, 6) is 0.692. The van der Waals surface area contributed by atoms with Crippen molar-refractivity contribution >= 4 is 32.2 Å². The highest BCUT2D eigenvalue weighted by molar-refractivity contribution is 7.88. The molecule has 2 aromatic rings. The van der Waals surface area contributed by atoms with Crippen LogP contribution < -0.4 is 9.62 Å². The van der Waals surface area contributed by atoms with Crippen molar-refractivity contribution in [3.05, 3.63) is 40.4 Å². The Bertz CT molecular complexity index is 990. The van der Waals surface area contributed by atoms with Gasteiger partial charge in [-0.05, 0) is 43.5 Å². The first kappa shape index (κ1) is 22.7. The molecular formula is C21H28N4O3S2. The number of aryl methyl sites for hydroxylation is 1. The van der Waals surface area contributed by atoms with Crippen molar-refractivity contribution in [2.24, 2.45) is 5.92 Å². The molecule has 162 valence electrons. The van der Waals surface area contributed by atoms with Crippen LogP contribution in [0.5, 0.6) is 0 Å². The first-order chi connectivity index (χ1) is 14.3. The quantitative estimate of drug-likeness (QED) is 0.592. The third-order valence-corrected chi connectivity index (χ3v) is 7.09. The Kier molecular flexibility index (Phi) is 7.47. The maximum absolute atomic E-state index is 11.5. The number of nitrogens with one attached hydrogen (secondary N) is 1. The lowest BCUT2D eigenvalue weighted by Gasteiger charge is -2.27. The van der Waals surface area contributed by atoms with E-state index in [1.165, 1.54) is 43.4 Å². The third-order valence-electron chi connectivity index (χ3n) is 5.43. The molecule has 0 bridgehead atoms. The highest BCUT2D eigenvalue weighted by atomic mass is 32.2. The van der Waals surface area contributed by atoms with E-state index in [9.17, 15) is 13.5 Å². The topological polar surface area (TPSA) is 106 Å². The minimum Gasteiger partial charge on any atom is -0.372 e. The highest BCUT2D eigenvalue weighted by Gasteiger charge is 2.23. The van der Waals surface area contributed by atoms with Crippen molar-refractivity contribution in [2.45, 2.75) is 51.7 Å². The smallest absolute Gasteiger partial charge is 0.211 e. The number of aliphatic hydroxyl groups excluding tert-OH is 1. The Morgan fingerprint density at radius 1 is 1.30 bits per heavy atom. The predicted octanol–water partition coefficient (Wildman–Crippen LogP) is 3.97. The SMILES string of the molecule is Cc1sc(N(CCC2CCCCC2)c2ccc(C#N)cc2)nc1C(O)NS(C)(=O)=O. The van der Waals surface area contributed by atoms with Gasteiger partial charge in [-0.15, -0.1) is 11.3 Å². The normalized spacial score (nSPS) is 16.2. The molecule has 0 amide bonds. The predicted molar refractivity (Wildman–Crippen MR) is 119 cm³/mol. The fourth-order valence-corrected chi connectivity index (χ4v) is 5.36. The molecule has 1 atom stereocenters. The molecule has 1 aromatic heterocycles. The van der Waals surface area contributed by atoms with E-state index in [2.05, 4.69) is 20.7 Å². The summed E-state index contributed by atoms with van der Waals surface area (Å²) in [7, 11) is -3.56. The van der Waals surface area contributed by atoms with Gasteiger partial charge in [-0.3, -0.25) is 0 Å². The van der Waals surface area contributed by atoms with Gasteiger partial charge in [0.05, 0.1) is 17.9 Å². The molecule has 1 heterocycles. The van der Waals surface area contributed by atoms with Gasteiger partial charge in [0.2, 0.25) is 10.0 Å². The Balaban J connectivity index is 1.86. The van der Waals surface area contributed by atoms with Gasteiger partial charge >= 0.3 is 0 Å². The fourth-order valence-electron chi connectivity index (χ4n) is 3.86. The minimum absolute atomic E-state index is 0.316. The average Bonchev–Trinajstić information content (AvgIpc) is 3.10. The maximum Gasteiger partial charge on any atom is 0.211 e. The van der Waals surface area contributed by atoms with Gasteiger partial charge in [0.1, 0.15) is 5.69 Å². The van der Waals surface area contributed by atoms with E-state index in [1.807, 2.05) is 19.1 Å². The van der Waals surface area contributed by atoms with Gasteiger partial charge in [-0.2, -0.15) is 9.98 Å². The zero-order valence-electron chi connectivity index (χ0n) is 17.3. The summed E-state index contributed by atoms with van der Waals surface area (Å²) in [5.41, 5.74) is 1.84. The van der Waals surface area contributed by atoms with E-state index in [0.29, 0.717) is 22.3 Å². The molecule has 1 aromatic carbocycles. The fraction of sp³-hybridized carbons (Fsp3) is 0.524. The van der Waals surface area contributed by atoms with E-state index >= 15 is 0 Å². The zero-order valence-corrected chi connectivity index (χ0v) is 19.0. The molecule has 9 heteroatoms. The van der Waals surface area contributed by atoms with Crippen LogP contribution in [0, 0.1) is 24.2 Å². The molecule has 0 saturated heterocycles. The van der Waals surface area contributed by atoms with Crippen molar-refractivity contribution in [3.63, 3.8) is 0 Å². The molecule has 7 nitrogen and oxygen atoms in total. The van der Waals surface area contributed by atoms with Gasteiger partial charge in [-0.25, -0.2) is 13.4 Å². The number of aromatic nitrogens is 1. The van der Waals surface area contributed by atoms with Crippen LogP contribution in [0.3, 0.4) is 0 Å². The number of anilines is 2. The van der Waals surface area contributed by atoms with Gasteiger partial charge < -0.3 is 10.0 Å². The second kappa shape index (κ2) is 9.88. The van der Waals surface area contributed by atoms with Crippen LogP contribution in [-0.4, -0.2) is 31.3 Å². The monoisotopic (exact) mass is 448 g/mol. The lowest BCUT2D eigenvalue weighted by Crippen LogP contribution is -2.28. The lowest BCUT2D eigenvalue weighted by atomic mass is 9.87. The molecule has 1 unspecified atom stereocenters. The second-order valence-electron chi connectivity index (χ2n) is 7.83. The first-order valence-corrected chi connectivity index (χ1v) is 12.9. The molecule has 1 aliphatic rings. The molecule has 1 saturated carbocycles. The molecule has 30 heavy (non-hydrogen) atoms. The number of hydrogen-bond acceptors (Lipinski definition) is 7. The number of aliphatic hydroxyl groups is 1. The first-order valence-electron chi connectivity index (χ1n) is 10.2. The molecule has 1 fully saturated rings. The lowest BCUT2D eigenvalue weighted by molar-refractivity contribution is 0.162. The molecular weight excluding hydrogens is 420 g/mol. The minimum atomic E-state index is -3.56. The van der Waals surface area contributed by atoms with E-state index in [4.69, 9.17) is 5.26 Å². The largest absolute Gasteiger partial charge is 0.372 e. The van der Waals surface area contributed by atoms with Crippen molar-refractivity contribution in [3.8, 4) is 6.07 Å². The van der Waals surface area contributed by atoms with Gasteiger partial charge in [0.15, 0.2) is 11.4 Å².